The van der Waals surface area contributed by atoms with E-state index in [-0.39, 0.29) is 0 Å². The lowest BCUT2D eigenvalue weighted by atomic mass is 9.87. The van der Waals surface area contributed by atoms with E-state index in [1.165, 1.54) is 151 Å². The minimum absolute atomic E-state index is 1.30. The van der Waals surface area contributed by atoms with Crippen LogP contribution in [0.1, 0.15) is 0 Å². The quantitative estimate of drug-likeness (QED) is 0.106. The van der Waals surface area contributed by atoms with Crippen molar-refractivity contribution in [2.75, 3.05) is 0 Å². The first kappa shape index (κ1) is 34.3. The standard InChI is InChI=1S/2C32H18/c1-3-7-21-17-29-25(13-19(21)5-1)15-23-9-12-28-30-18-22-8-4-2-6-20(22)14-26(30)16-24-10-11-27(29)31(23)32(24)28;1-3-7-21-17-29-25(13-19(21)5-1)15-23-9-10-24-16-26-14-20-6-2-4-8-22(20)18-30(26)28-12-11-27(29)31(23)32(24)28/h2*1-18H. The van der Waals surface area contributed by atoms with Gasteiger partial charge in [-0.15, -0.1) is 0 Å². The summed E-state index contributed by atoms with van der Waals surface area (Å²) in [6, 6.07) is 81.5. The van der Waals surface area contributed by atoms with Crippen molar-refractivity contribution in [2.45, 2.75) is 0 Å². The molecule has 0 spiro atoms. The predicted octanol–water partition coefficient (Wildman–Crippen LogP) is 18.4. The molecule has 0 fully saturated rings. The van der Waals surface area contributed by atoms with Crippen molar-refractivity contribution in [1.29, 1.82) is 0 Å². The fourth-order valence-electron chi connectivity index (χ4n) is 11.6. The molecule has 0 saturated carbocycles. The first-order valence-electron chi connectivity index (χ1n) is 22.4. The van der Waals surface area contributed by atoms with E-state index in [1.54, 1.807) is 0 Å². The van der Waals surface area contributed by atoms with Gasteiger partial charge < -0.3 is 0 Å². The lowest BCUT2D eigenvalue weighted by Crippen LogP contribution is -1.88. The molecule has 0 nitrogen and oxygen atoms in total. The van der Waals surface area contributed by atoms with Gasteiger partial charge in [-0.05, 0) is 224 Å². The summed E-state index contributed by atoms with van der Waals surface area (Å²) in [7, 11) is 0. The molecule has 0 aliphatic rings. The van der Waals surface area contributed by atoms with E-state index in [9.17, 15) is 0 Å². The van der Waals surface area contributed by atoms with E-state index in [0.717, 1.165) is 0 Å². The fourth-order valence-corrected chi connectivity index (χ4v) is 11.6. The van der Waals surface area contributed by atoms with Crippen LogP contribution >= 0.6 is 0 Å². The van der Waals surface area contributed by atoms with Gasteiger partial charge in [0.15, 0.2) is 0 Å². The summed E-state index contributed by atoms with van der Waals surface area (Å²) in [6.45, 7) is 0. The number of fused-ring (bicyclic) bond motifs is 12. The zero-order valence-corrected chi connectivity index (χ0v) is 34.8. The van der Waals surface area contributed by atoms with Gasteiger partial charge in [0.25, 0.3) is 0 Å². The Kier molecular flexibility index (Phi) is 6.77. The number of hydrogen-bond donors (Lipinski definition) is 0. The Bertz CT molecular complexity index is 4110. The van der Waals surface area contributed by atoms with Crippen LogP contribution in [0, 0.1) is 0 Å². The molecule has 0 radical (unpaired) electrons. The van der Waals surface area contributed by atoms with E-state index in [1.807, 2.05) is 0 Å². The number of hydrogen-bond acceptors (Lipinski definition) is 0. The van der Waals surface area contributed by atoms with E-state index < -0.39 is 0 Å². The second kappa shape index (κ2) is 12.6. The smallest absolute Gasteiger partial charge is 0.00201 e. The molecule has 16 aromatic rings. The molecule has 0 aliphatic carbocycles. The first-order chi connectivity index (χ1) is 31.7. The lowest BCUT2D eigenvalue weighted by molar-refractivity contribution is 1.79. The van der Waals surface area contributed by atoms with Crippen LogP contribution in [-0.2, 0) is 0 Å². The van der Waals surface area contributed by atoms with Crippen LogP contribution in [0.4, 0.5) is 0 Å². The molecule has 0 amide bonds. The minimum atomic E-state index is 1.30. The van der Waals surface area contributed by atoms with Gasteiger partial charge in [-0.1, -0.05) is 146 Å². The van der Waals surface area contributed by atoms with Crippen LogP contribution < -0.4 is 0 Å². The van der Waals surface area contributed by atoms with Crippen molar-refractivity contribution in [2.24, 2.45) is 0 Å². The van der Waals surface area contributed by atoms with Crippen LogP contribution in [0.15, 0.2) is 218 Å². The average Bonchev–Trinajstić information content (AvgIpc) is 3.34. The third-order valence-corrected chi connectivity index (χ3v) is 14.5. The predicted molar refractivity (Wildman–Crippen MR) is 280 cm³/mol. The van der Waals surface area contributed by atoms with Crippen LogP contribution in [0.3, 0.4) is 0 Å². The molecule has 64 heavy (non-hydrogen) atoms. The van der Waals surface area contributed by atoms with E-state index in [2.05, 4.69) is 218 Å². The molecule has 16 rings (SSSR count). The highest BCUT2D eigenvalue weighted by Crippen LogP contribution is 2.45. The molecule has 0 heterocycles. The summed E-state index contributed by atoms with van der Waals surface area (Å²) in [4.78, 5) is 0. The first-order valence-corrected chi connectivity index (χ1v) is 22.4. The molecule has 0 heteroatoms. The Morgan fingerprint density at radius 1 is 0.125 bits per heavy atom. The third kappa shape index (κ3) is 4.83. The van der Waals surface area contributed by atoms with Gasteiger partial charge in [-0.2, -0.15) is 0 Å². The van der Waals surface area contributed by atoms with Crippen molar-refractivity contribution in [3.63, 3.8) is 0 Å². The minimum Gasteiger partial charge on any atom is -0.0616 e. The number of rotatable bonds is 0. The molecule has 0 aromatic heterocycles. The Hall–Kier alpha value is -8.32. The molecule has 0 atom stereocenters. The SMILES string of the molecule is c1ccc2cc3c(cc2c1)cc1ccc2c4cc5ccccc5cc4cc4ccc3c1c42.c1ccc2cc3c(cc2c1)cc1ccc2cc4cc5ccccc5cc4c4ccc3c1c24. The summed E-state index contributed by atoms with van der Waals surface area (Å²) >= 11 is 0. The van der Waals surface area contributed by atoms with Crippen LogP contribution in [0.5, 0.6) is 0 Å². The molecular weight excluding hydrogens is 769 g/mol. The maximum Gasteiger partial charge on any atom is -0.00201 e. The molecule has 0 unspecified atom stereocenters. The molecule has 0 saturated heterocycles. The van der Waals surface area contributed by atoms with Gasteiger partial charge in [-0.25, -0.2) is 0 Å². The summed E-state index contributed by atoms with van der Waals surface area (Å²) in [5.74, 6) is 0. The Morgan fingerprint density at radius 3 is 0.562 bits per heavy atom. The van der Waals surface area contributed by atoms with Crippen molar-refractivity contribution < 1.29 is 0 Å². The summed E-state index contributed by atoms with van der Waals surface area (Å²) in [5.41, 5.74) is 0. The second-order valence-corrected chi connectivity index (χ2v) is 18.0. The van der Waals surface area contributed by atoms with Crippen molar-refractivity contribution in [3.05, 3.63) is 218 Å². The van der Waals surface area contributed by atoms with Crippen molar-refractivity contribution in [1.82, 2.24) is 0 Å². The Labute approximate surface area is 367 Å². The fraction of sp³-hybridized carbons (Fsp3) is 0. The zero-order chi connectivity index (χ0) is 41.6. The molecule has 16 aromatic carbocycles. The highest BCUT2D eigenvalue weighted by Gasteiger charge is 2.16. The molecule has 0 bridgehead atoms. The zero-order valence-electron chi connectivity index (χ0n) is 34.8. The van der Waals surface area contributed by atoms with Gasteiger partial charge >= 0.3 is 0 Å². The molecule has 0 N–H and O–H groups in total. The van der Waals surface area contributed by atoms with Crippen LogP contribution in [0.2, 0.25) is 0 Å². The largest absolute Gasteiger partial charge is 0.0616 e. The topological polar surface area (TPSA) is 0 Å². The average molecular weight is 805 g/mol. The number of benzene rings is 16. The third-order valence-electron chi connectivity index (χ3n) is 14.5. The van der Waals surface area contributed by atoms with Gasteiger partial charge in [0.05, 0.1) is 0 Å². The van der Waals surface area contributed by atoms with Crippen LogP contribution in [-0.4, -0.2) is 0 Å². The molecule has 0 aliphatic heterocycles. The van der Waals surface area contributed by atoms with E-state index >= 15 is 0 Å². The monoisotopic (exact) mass is 804 g/mol. The molecular formula is C64H36. The van der Waals surface area contributed by atoms with E-state index in [4.69, 9.17) is 0 Å². The van der Waals surface area contributed by atoms with Gasteiger partial charge in [0, 0.05) is 0 Å². The normalized spacial score (nSPS) is 12.4. The Morgan fingerprint density at radius 2 is 0.312 bits per heavy atom. The summed E-state index contributed by atoms with van der Waals surface area (Å²) in [6.07, 6.45) is 0. The van der Waals surface area contributed by atoms with Gasteiger partial charge in [0.2, 0.25) is 0 Å². The maximum absolute atomic E-state index is 2.37. The summed E-state index contributed by atoms with van der Waals surface area (Å²) < 4.78 is 0. The lowest BCUT2D eigenvalue weighted by Gasteiger charge is -2.16. The van der Waals surface area contributed by atoms with Gasteiger partial charge in [-0.3, -0.25) is 0 Å². The van der Waals surface area contributed by atoms with Crippen molar-refractivity contribution >= 4 is 151 Å². The second-order valence-electron chi connectivity index (χ2n) is 18.0. The summed E-state index contributed by atoms with van der Waals surface area (Å²) in [5, 5.41) is 37.2. The van der Waals surface area contributed by atoms with Crippen molar-refractivity contribution in [3.8, 4) is 0 Å². The van der Waals surface area contributed by atoms with E-state index in [0.29, 0.717) is 0 Å². The maximum atomic E-state index is 2.37. The highest BCUT2D eigenvalue weighted by molar-refractivity contribution is 6.35. The Balaban J connectivity index is 0.000000119. The highest BCUT2D eigenvalue weighted by atomic mass is 14.2. The van der Waals surface area contributed by atoms with Crippen LogP contribution in [0.25, 0.3) is 151 Å². The van der Waals surface area contributed by atoms with Gasteiger partial charge in [0.1, 0.15) is 0 Å². The molecule has 292 valence electrons.